The van der Waals surface area contributed by atoms with Crippen molar-refractivity contribution in [2.24, 2.45) is 5.92 Å². The molecule has 0 aromatic heterocycles. The van der Waals surface area contributed by atoms with Gasteiger partial charge >= 0.3 is 0 Å². The van der Waals surface area contributed by atoms with Crippen molar-refractivity contribution in [1.29, 1.82) is 0 Å². The normalized spacial score (nSPS) is 15.4. The first kappa shape index (κ1) is 13.7. The van der Waals surface area contributed by atoms with Gasteiger partial charge in [-0.25, -0.2) is 0 Å². The maximum atomic E-state index is 12.1. The second-order valence-electron chi connectivity index (χ2n) is 5.15. The van der Waals surface area contributed by atoms with Gasteiger partial charge in [0.05, 0.1) is 12.7 Å². The molecule has 1 amide bonds. The molecule has 1 aromatic carbocycles. The Morgan fingerprint density at radius 3 is 2.84 bits per heavy atom. The zero-order chi connectivity index (χ0) is 13.7. The lowest BCUT2D eigenvalue weighted by atomic mass is 10.0. The van der Waals surface area contributed by atoms with Gasteiger partial charge in [-0.1, -0.05) is 25.7 Å². The summed E-state index contributed by atoms with van der Waals surface area (Å²) in [6.07, 6.45) is 6.36. The molecule has 19 heavy (non-hydrogen) atoms. The fourth-order valence-electron chi connectivity index (χ4n) is 2.68. The van der Waals surface area contributed by atoms with Crippen LogP contribution in [0.1, 0.15) is 42.5 Å². The number of methoxy groups -OCH3 is 1. The quantitative estimate of drug-likeness (QED) is 0.802. The van der Waals surface area contributed by atoms with E-state index in [4.69, 9.17) is 10.5 Å². The lowest BCUT2D eigenvalue weighted by Crippen LogP contribution is -2.26. The van der Waals surface area contributed by atoms with Crippen LogP contribution in [0.3, 0.4) is 0 Å². The number of hydrogen-bond acceptors (Lipinski definition) is 3. The summed E-state index contributed by atoms with van der Waals surface area (Å²) in [5, 5.41) is 2.96. The van der Waals surface area contributed by atoms with Crippen molar-refractivity contribution in [3.8, 4) is 5.75 Å². The SMILES string of the molecule is COc1cc(N)ccc1C(=O)NCCC1CCCC1. The maximum absolute atomic E-state index is 12.1. The van der Waals surface area contributed by atoms with E-state index >= 15 is 0 Å². The van der Waals surface area contributed by atoms with E-state index in [0.29, 0.717) is 17.0 Å². The minimum Gasteiger partial charge on any atom is -0.496 e. The second kappa shape index (κ2) is 6.45. The standard InChI is InChI=1S/C15H22N2O2/c1-19-14-10-12(16)6-7-13(14)15(18)17-9-8-11-4-2-3-5-11/h6-7,10-11H,2-5,8-9,16H2,1H3,(H,17,18). The average molecular weight is 262 g/mol. The number of amides is 1. The van der Waals surface area contributed by atoms with Crippen LogP contribution >= 0.6 is 0 Å². The van der Waals surface area contributed by atoms with E-state index in [1.165, 1.54) is 25.7 Å². The molecule has 1 aromatic rings. The molecule has 0 bridgehead atoms. The molecule has 4 heteroatoms. The number of benzene rings is 1. The summed E-state index contributed by atoms with van der Waals surface area (Å²) < 4.78 is 5.19. The van der Waals surface area contributed by atoms with Gasteiger partial charge in [-0.15, -0.1) is 0 Å². The number of nitrogens with one attached hydrogen (secondary N) is 1. The Labute approximate surface area is 114 Å². The summed E-state index contributed by atoms with van der Waals surface area (Å²) in [6.45, 7) is 0.733. The molecule has 0 atom stereocenters. The lowest BCUT2D eigenvalue weighted by Gasteiger charge is -2.12. The first-order valence-electron chi connectivity index (χ1n) is 6.92. The summed E-state index contributed by atoms with van der Waals surface area (Å²) in [5.41, 5.74) is 6.82. The molecule has 0 radical (unpaired) electrons. The molecular weight excluding hydrogens is 240 g/mol. The number of hydrogen-bond donors (Lipinski definition) is 2. The van der Waals surface area contributed by atoms with Crippen LogP contribution in [0.2, 0.25) is 0 Å². The van der Waals surface area contributed by atoms with Crippen molar-refractivity contribution >= 4 is 11.6 Å². The topological polar surface area (TPSA) is 64.3 Å². The van der Waals surface area contributed by atoms with Crippen molar-refractivity contribution < 1.29 is 9.53 Å². The van der Waals surface area contributed by atoms with Crippen LogP contribution in [-0.2, 0) is 0 Å². The lowest BCUT2D eigenvalue weighted by molar-refractivity contribution is 0.0948. The molecule has 0 heterocycles. The second-order valence-corrected chi connectivity index (χ2v) is 5.15. The molecule has 1 aliphatic rings. The number of nitrogens with two attached hydrogens (primary N) is 1. The minimum atomic E-state index is -0.0881. The Morgan fingerprint density at radius 1 is 1.42 bits per heavy atom. The van der Waals surface area contributed by atoms with E-state index in [9.17, 15) is 4.79 Å². The van der Waals surface area contributed by atoms with Gasteiger partial charge in [0.2, 0.25) is 0 Å². The van der Waals surface area contributed by atoms with Gasteiger partial charge in [0.25, 0.3) is 5.91 Å². The molecule has 1 saturated carbocycles. The van der Waals surface area contributed by atoms with Gasteiger partial charge in [-0.3, -0.25) is 4.79 Å². The summed E-state index contributed by atoms with van der Waals surface area (Å²) in [6, 6.07) is 5.10. The van der Waals surface area contributed by atoms with Gasteiger partial charge in [0, 0.05) is 18.3 Å². The number of anilines is 1. The van der Waals surface area contributed by atoms with Crippen LogP contribution in [0.5, 0.6) is 5.75 Å². The van der Waals surface area contributed by atoms with Crippen LogP contribution < -0.4 is 15.8 Å². The average Bonchev–Trinajstić information content (AvgIpc) is 2.91. The van der Waals surface area contributed by atoms with E-state index in [0.717, 1.165) is 18.9 Å². The predicted molar refractivity (Wildman–Crippen MR) is 76.3 cm³/mol. The molecule has 4 nitrogen and oxygen atoms in total. The third-order valence-corrected chi connectivity index (χ3v) is 3.78. The molecule has 1 fully saturated rings. The van der Waals surface area contributed by atoms with E-state index in [1.54, 1.807) is 25.3 Å². The zero-order valence-corrected chi connectivity index (χ0v) is 11.4. The molecule has 2 rings (SSSR count). The van der Waals surface area contributed by atoms with Crippen molar-refractivity contribution in [1.82, 2.24) is 5.32 Å². The fourth-order valence-corrected chi connectivity index (χ4v) is 2.68. The monoisotopic (exact) mass is 262 g/mol. The van der Waals surface area contributed by atoms with Crippen LogP contribution in [-0.4, -0.2) is 19.6 Å². The molecule has 3 N–H and O–H groups in total. The van der Waals surface area contributed by atoms with E-state index in [1.807, 2.05) is 0 Å². The zero-order valence-electron chi connectivity index (χ0n) is 11.4. The Balaban J connectivity index is 1.88. The van der Waals surface area contributed by atoms with Crippen LogP contribution in [0.15, 0.2) is 18.2 Å². The fraction of sp³-hybridized carbons (Fsp3) is 0.533. The highest BCUT2D eigenvalue weighted by Gasteiger charge is 2.16. The molecule has 0 spiro atoms. The van der Waals surface area contributed by atoms with Crippen molar-refractivity contribution in [3.63, 3.8) is 0 Å². The minimum absolute atomic E-state index is 0.0881. The van der Waals surface area contributed by atoms with E-state index in [-0.39, 0.29) is 5.91 Å². The molecule has 0 aliphatic heterocycles. The third-order valence-electron chi connectivity index (χ3n) is 3.78. The number of ether oxygens (including phenoxy) is 1. The highest BCUT2D eigenvalue weighted by atomic mass is 16.5. The van der Waals surface area contributed by atoms with Gasteiger partial charge in [0.1, 0.15) is 5.75 Å². The van der Waals surface area contributed by atoms with E-state index in [2.05, 4.69) is 5.32 Å². The summed E-state index contributed by atoms with van der Waals surface area (Å²) in [4.78, 5) is 12.1. The molecular formula is C15H22N2O2. The third kappa shape index (κ3) is 3.63. The molecule has 104 valence electrons. The molecule has 0 saturated heterocycles. The Bertz CT molecular complexity index is 440. The molecule has 1 aliphatic carbocycles. The van der Waals surface area contributed by atoms with Crippen molar-refractivity contribution in [2.75, 3.05) is 19.4 Å². The Morgan fingerprint density at radius 2 is 2.16 bits per heavy atom. The number of nitrogen functional groups attached to an aromatic ring is 1. The highest BCUT2D eigenvalue weighted by Crippen LogP contribution is 2.27. The summed E-state index contributed by atoms with van der Waals surface area (Å²) in [7, 11) is 1.55. The van der Waals surface area contributed by atoms with Crippen LogP contribution in [0.25, 0.3) is 0 Å². The predicted octanol–water partition coefficient (Wildman–Crippen LogP) is 2.59. The maximum Gasteiger partial charge on any atom is 0.255 e. The smallest absolute Gasteiger partial charge is 0.255 e. The summed E-state index contributed by atoms with van der Waals surface area (Å²) >= 11 is 0. The summed E-state index contributed by atoms with van der Waals surface area (Å²) in [5.74, 6) is 1.22. The van der Waals surface area contributed by atoms with Gasteiger partial charge in [0.15, 0.2) is 0 Å². The highest BCUT2D eigenvalue weighted by molar-refractivity contribution is 5.97. The number of carbonyl (C=O) groups excluding carboxylic acids is 1. The number of carbonyl (C=O) groups is 1. The van der Waals surface area contributed by atoms with Gasteiger partial charge in [-0.2, -0.15) is 0 Å². The van der Waals surface area contributed by atoms with Crippen molar-refractivity contribution in [3.05, 3.63) is 23.8 Å². The van der Waals surface area contributed by atoms with Crippen LogP contribution in [0, 0.1) is 5.92 Å². The Kier molecular flexibility index (Phi) is 4.66. The Hall–Kier alpha value is -1.71. The van der Waals surface area contributed by atoms with Crippen LogP contribution in [0.4, 0.5) is 5.69 Å². The van der Waals surface area contributed by atoms with Gasteiger partial charge < -0.3 is 15.8 Å². The van der Waals surface area contributed by atoms with E-state index < -0.39 is 0 Å². The first-order valence-corrected chi connectivity index (χ1v) is 6.92. The molecule has 0 unspecified atom stereocenters. The largest absolute Gasteiger partial charge is 0.496 e. The first-order chi connectivity index (χ1) is 9.20. The number of rotatable bonds is 5. The van der Waals surface area contributed by atoms with Gasteiger partial charge in [-0.05, 0) is 24.5 Å². The van der Waals surface area contributed by atoms with Crippen molar-refractivity contribution in [2.45, 2.75) is 32.1 Å².